The van der Waals surface area contributed by atoms with Crippen LogP contribution in [0, 0.1) is 5.82 Å². The molecule has 0 atom stereocenters. The summed E-state index contributed by atoms with van der Waals surface area (Å²) in [4.78, 5) is 8.78. The molecule has 0 amide bonds. The van der Waals surface area contributed by atoms with Gasteiger partial charge in [0.15, 0.2) is 5.03 Å². The average molecular weight is 415 g/mol. The third kappa shape index (κ3) is 4.38. The van der Waals surface area contributed by atoms with Crippen molar-refractivity contribution in [2.75, 3.05) is 13.1 Å². The van der Waals surface area contributed by atoms with E-state index in [1.165, 1.54) is 29.0 Å². The minimum absolute atomic E-state index is 0.0953. The quantitative estimate of drug-likeness (QED) is 0.643. The van der Waals surface area contributed by atoms with Crippen molar-refractivity contribution < 1.29 is 12.8 Å². The van der Waals surface area contributed by atoms with Crippen molar-refractivity contribution in [3.8, 4) is 0 Å². The fraction of sp³-hybridized carbons (Fsp3) is 0.333. The maximum Gasteiger partial charge on any atom is 0.262 e. The molecule has 1 fully saturated rings. The zero-order valence-electron chi connectivity index (χ0n) is 16.2. The van der Waals surface area contributed by atoms with Gasteiger partial charge in [0, 0.05) is 50.1 Å². The maximum absolute atomic E-state index is 13.1. The standard InChI is InChI=1S/C21H23FN4O2S/c1-25-14-21(23-15-25)29(27,28)26-11-9-17(10-12-26)20-4-2-3-19(24-20)13-16-5-7-18(22)8-6-16/h2-8,14-15,17H,9-13H2,1H3. The minimum Gasteiger partial charge on any atom is -0.339 e. The summed E-state index contributed by atoms with van der Waals surface area (Å²) in [6, 6.07) is 12.4. The Morgan fingerprint density at radius 1 is 1.10 bits per heavy atom. The molecular formula is C21H23FN4O2S. The first-order valence-corrected chi connectivity index (χ1v) is 11.0. The molecule has 2 aromatic heterocycles. The van der Waals surface area contributed by atoms with Crippen LogP contribution in [0.5, 0.6) is 0 Å². The van der Waals surface area contributed by atoms with Crippen LogP contribution in [0.3, 0.4) is 0 Å². The second-order valence-electron chi connectivity index (χ2n) is 7.41. The number of benzene rings is 1. The highest BCUT2D eigenvalue weighted by molar-refractivity contribution is 7.89. The topological polar surface area (TPSA) is 68.1 Å². The molecule has 6 nitrogen and oxygen atoms in total. The molecule has 0 unspecified atom stereocenters. The predicted molar refractivity (Wildman–Crippen MR) is 107 cm³/mol. The first kappa shape index (κ1) is 19.7. The Labute approximate surface area is 170 Å². The van der Waals surface area contributed by atoms with Crippen molar-refractivity contribution in [2.45, 2.75) is 30.2 Å². The predicted octanol–water partition coefficient (Wildman–Crippen LogP) is 3.11. The lowest BCUT2D eigenvalue weighted by Gasteiger charge is -2.30. The number of halogens is 1. The molecule has 0 aliphatic carbocycles. The van der Waals surface area contributed by atoms with E-state index in [-0.39, 0.29) is 16.8 Å². The van der Waals surface area contributed by atoms with Crippen molar-refractivity contribution in [2.24, 2.45) is 7.05 Å². The average Bonchev–Trinajstić information content (AvgIpc) is 3.17. The fourth-order valence-corrected chi connectivity index (χ4v) is 5.12. The van der Waals surface area contributed by atoms with Crippen LogP contribution in [0.2, 0.25) is 0 Å². The van der Waals surface area contributed by atoms with Crippen molar-refractivity contribution in [3.63, 3.8) is 0 Å². The monoisotopic (exact) mass is 414 g/mol. The zero-order valence-corrected chi connectivity index (χ0v) is 17.0. The summed E-state index contributed by atoms with van der Waals surface area (Å²) >= 11 is 0. The van der Waals surface area contributed by atoms with Crippen molar-refractivity contribution in [1.29, 1.82) is 0 Å². The summed E-state index contributed by atoms with van der Waals surface area (Å²) in [7, 11) is -1.80. The molecule has 0 spiro atoms. The van der Waals surface area contributed by atoms with Crippen LogP contribution >= 0.6 is 0 Å². The van der Waals surface area contributed by atoms with Crippen LogP contribution in [-0.2, 0) is 23.5 Å². The molecule has 4 rings (SSSR count). The number of rotatable bonds is 5. The number of aromatic nitrogens is 3. The lowest BCUT2D eigenvalue weighted by Crippen LogP contribution is -2.38. The van der Waals surface area contributed by atoms with Gasteiger partial charge in [0.05, 0.1) is 6.33 Å². The second-order valence-corrected chi connectivity index (χ2v) is 9.30. The van der Waals surface area contributed by atoms with Gasteiger partial charge in [-0.3, -0.25) is 4.98 Å². The van der Waals surface area contributed by atoms with E-state index in [4.69, 9.17) is 4.98 Å². The van der Waals surface area contributed by atoms with Crippen LogP contribution in [0.25, 0.3) is 0 Å². The van der Waals surface area contributed by atoms with E-state index in [1.54, 1.807) is 23.7 Å². The summed E-state index contributed by atoms with van der Waals surface area (Å²) in [5, 5.41) is 0.0953. The summed E-state index contributed by atoms with van der Waals surface area (Å²) in [6.45, 7) is 0.904. The third-order valence-electron chi connectivity index (χ3n) is 5.28. The van der Waals surface area contributed by atoms with Crippen molar-refractivity contribution in [3.05, 3.63) is 77.8 Å². The minimum atomic E-state index is -3.55. The molecule has 0 saturated carbocycles. The Morgan fingerprint density at radius 3 is 2.48 bits per heavy atom. The summed E-state index contributed by atoms with van der Waals surface area (Å²) in [5.41, 5.74) is 2.92. The fourth-order valence-electron chi connectivity index (χ4n) is 3.68. The molecule has 0 radical (unpaired) electrons. The number of piperidine rings is 1. The van der Waals surface area contributed by atoms with Gasteiger partial charge >= 0.3 is 0 Å². The Hall–Kier alpha value is -2.58. The number of pyridine rings is 1. The van der Waals surface area contributed by atoms with Gasteiger partial charge in [0.2, 0.25) is 0 Å². The first-order chi connectivity index (χ1) is 13.9. The Balaban J connectivity index is 1.43. The van der Waals surface area contributed by atoms with Crippen LogP contribution in [0.1, 0.15) is 35.7 Å². The molecule has 8 heteroatoms. The van der Waals surface area contributed by atoms with E-state index >= 15 is 0 Å². The molecule has 1 aliphatic heterocycles. The summed E-state index contributed by atoms with van der Waals surface area (Å²) < 4.78 is 41.7. The van der Waals surface area contributed by atoms with Gasteiger partial charge < -0.3 is 4.57 Å². The lowest BCUT2D eigenvalue weighted by atomic mass is 9.94. The van der Waals surface area contributed by atoms with Crippen molar-refractivity contribution >= 4 is 10.0 Å². The smallest absolute Gasteiger partial charge is 0.262 e. The second kappa shape index (κ2) is 8.04. The molecule has 152 valence electrons. The van der Waals surface area contributed by atoms with Gasteiger partial charge in [-0.05, 0) is 42.7 Å². The van der Waals surface area contributed by atoms with Crippen LogP contribution in [-0.4, -0.2) is 40.3 Å². The van der Waals surface area contributed by atoms with E-state index in [9.17, 15) is 12.8 Å². The Kier molecular flexibility index (Phi) is 5.47. The molecule has 1 aromatic carbocycles. The SMILES string of the molecule is Cn1cnc(S(=O)(=O)N2CCC(c3cccc(Cc4ccc(F)cc4)n3)CC2)c1. The Bertz CT molecular complexity index is 1090. The van der Waals surface area contributed by atoms with Gasteiger partial charge in [0.1, 0.15) is 5.82 Å². The van der Waals surface area contributed by atoms with Crippen LogP contribution in [0.15, 0.2) is 60.0 Å². The zero-order chi connectivity index (χ0) is 20.4. The molecule has 3 aromatic rings. The number of sulfonamides is 1. The molecule has 0 N–H and O–H groups in total. The molecular weight excluding hydrogens is 391 g/mol. The normalized spacial score (nSPS) is 16.2. The number of hydrogen-bond acceptors (Lipinski definition) is 4. The molecule has 29 heavy (non-hydrogen) atoms. The number of aryl methyl sites for hydroxylation is 1. The Morgan fingerprint density at radius 2 is 1.83 bits per heavy atom. The van der Waals surface area contributed by atoms with Crippen LogP contribution < -0.4 is 0 Å². The van der Waals surface area contributed by atoms with Crippen molar-refractivity contribution in [1.82, 2.24) is 18.8 Å². The third-order valence-corrected chi connectivity index (χ3v) is 7.07. The number of nitrogens with zero attached hydrogens (tertiary/aromatic N) is 4. The molecule has 0 bridgehead atoms. The molecule has 1 aliphatic rings. The van der Waals surface area contributed by atoms with E-state index in [1.807, 2.05) is 18.2 Å². The van der Waals surface area contributed by atoms with Gasteiger partial charge in [0.25, 0.3) is 10.0 Å². The highest BCUT2D eigenvalue weighted by Gasteiger charge is 2.31. The maximum atomic E-state index is 13.1. The summed E-state index contributed by atoms with van der Waals surface area (Å²) in [5.74, 6) is -0.0266. The van der Waals surface area contributed by atoms with Gasteiger partial charge in [-0.25, -0.2) is 17.8 Å². The van der Waals surface area contributed by atoms with E-state index in [0.717, 1.165) is 29.8 Å². The van der Waals surface area contributed by atoms with Gasteiger partial charge in [-0.2, -0.15) is 4.31 Å². The van der Waals surface area contributed by atoms with E-state index in [0.29, 0.717) is 19.5 Å². The van der Waals surface area contributed by atoms with Crippen LogP contribution in [0.4, 0.5) is 4.39 Å². The largest absolute Gasteiger partial charge is 0.339 e. The number of imidazole rings is 1. The van der Waals surface area contributed by atoms with Gasteiger partial charge in [-0.1, -0.05) is 18.2 Å². The van der Waals surface area contributed by atoms with E-state index < -0.39 is 10.0 Å². The summed E-state index contributed by atoms with van der Waals surface area (Å²) in [6.07, 6.45) is 5.11. The first-order valence-electron chi connectivity index (χ1n) is 9.60. The lowest BCUT2D eigenvalue weighted by molar-refractivity contribution is 0.316. The highest BCUT2D eigenvalue weighted by Crippen LogP contribution is 2.29. The number of hydrogen-bond donors (Lipinski definition) is 0. The molecule has 1 saturated heterocycles. The van der Waals surface area contributed by atoms with Gasteiger partial charge in [-0.15, -0.1) is 0 Å². The van der Waals surface area contributed by atoms with E-state index in [2.05, 4.69) is 4.98 Å². The highest BCUT2D eigenvalue weighted by atomic mass is 32.2. The molecule has 3 heterocycles.